The molecule has 134 valence electrons. The predicted octanol–water partition coefficient (Wildman–Crippen LogP) is 2.31. The fourth-order valence-electron chi connectivity index (χ4n) is 2.87. The molecule has 0 atom stereocenters. The first-order valence-corrected chi connectivity index (χ1v) is 8.69. The fraction of sp³-hybridized carbons (Fsp3) is 0.474. The van der Waals surface area contributed by atoms with E-state index < -0.39 is 0 Å². The molecule has 1 heterocycles. The number of benzene rings is 1. The van der Waals surface area contributed by atoms with Gasteiger partial charge in [-0.05, 0) is 44.0 Å². The number of fused-ring (bicyclic) bond motifs is 1. The number of methoxy groups -OCH3 is 1. The summed E-state index contributed by atoms with van der Waals surface area (Å²) in [5.74, 6) is 0.985. The molecule has 2 aromatic rings. The van der Waals surface area contributed by atoms with Gasteiger partial charge in [-0.15, -0.1) is 0 Å². The first-order valence-electron chi connectivity index (χ1n) is 8.69. The summed E-state index contributed by atoms with van der Waals surface area (Å²) in [4.78, 5) is 29.5. The van der Waals surface area contributed by atoms with Crippen molar-refractivity contribution < 1.29 is 14.3 Å². The van der Waals surface area contributed by atoms with Gasteiger partial charge in [0, 0.05) is 36.0 Å². The SMILES string of the molecule is CCOc1ccc2[nH]c(=O)c(CN(CCOC)C(=O)C3CC3)cc2c1. The summed E-state index contributed by atoms with van der Waals surface area (Å²) >= 11 is 0. The van der Waals surface area contributed by atoms with Crippen LogP contribution in [0.5, 0.6) is 5.75 Å². The predicted molar refractivity (Wildman–Crippen MR) is 95.8 cm³/mol. The summed E-state index contributed by atoms with van der Waals surface area (Å²) in [6.07, 6.45) is 1.88. The molecule has 1 aliphatic rings. The molecule has 1 fully saturated rings. The number of aromatic nitrogens is 1. The molecule has 6 nitrogen and oxygen atoms in total. The number of carbonyl (C=O) groups excluding carboxylic acids is 1. The fourth-order valence-corrected chi connectivity index (χ4v) is 2.87. The van der Waals surface area contributed by atoms with Crippen LogP contribution in [0.3, 0.4) is 0 Å². The van der Waals surface area contributed by atoms with E-state index in [4.69, 9.17) is 9.47 Å². The summed E-state index contributed by atoms with van der Waals surface area (Å²) < 4.78 is 10.6. The zero-order valence-corrected chi connectivity index (χ0v) is 14.7. The van der Waals surface area contributed by atoms with E-state index in [-0.39, 0.29) is 17.4 Å². The first kappa shape index (κ1) is 17.5. The number of pyridine rings is 1. The van der Waals surface area contributed by atoms with Crippen LogP contribution in [0.15, 0.2) is 29.1 Å². The highest BCUT2D eigenvalue weighted by Crippen LogP contribution is 2.31. The molecule has 0 bridgehead atoms. The van der Waals surface area contributed by atoms with E-state index in [0.717, 1.165) is 29.5 Å². The van der Waals surface area contributed by atoms with Gasteiger partial charge in [0.25, 0.3) is 5.56 Å². The molecule has 1 saturated carbocycles. The summed E-state index contributed by atoms with van der Waals surface area (Å²) in [5.41, 5.74) is 1.17. The van der Waals surface area contributed by atoms with E-state index in [1.54, 1.807) is 12.0 Å². The van der Waals surface area contributed by atoms with E-state index in [1.165, 1.54) is 0 Å². The van der Waals surface area contributed by atoms with Crippen LogP contribution in [-0.2, 0) is 16.1 Å². The number of hydrogen-bond donors (Lipinski definition) is 1. The highest BCUT2D eigenvalue weighted by molar-refractivity contribution is 5.82. The van der Waals surface area contributed by atoms with Gasteiger partial charge in [0.15, 0.2) is 0 Å². The van der Waals surface area contributed by atoms with E-state index >= 15 is 0 Å². The molecule has 25 heavy (non-hydrogen) atoms. The quantitative estimate of drug-likeness (QED) is 0.798. The van der Waals surface area contributed by atoms with Gasteiger partial charge in [-0.2, -0.15) is 0 Å². The van der Waals surface area contributed by atoms with Crippen LogP contribution in [0.2, 0.25) is 0 Å². The number of nitrogens with one attached hydrogen (secondary N) is 1. The van der Waals surface area contributed by atoms with Gasteiger partial charge in [0.1, 0.15) is 5.75 Å². The zero-order chi connectivity index (χ0) is 17.8. The minimum absolute atomic E-state index is 0.111. The summed E-state index contributed by atoms with van der Waals surface area (Å²) in [6, 6.07) is 7.42. The Labute approximate surface area is 146 Å². The average Bonchev–Trinajstić information content (AvgIpc) is 3.44. The molecular formula is C19H24N2O4. The van der Waals surface area contributed by atoms with Crippen LogP contribution in [-0.4, -0.2) is 42.7 Å². The Hall–Kier alpha value is -2.34. The highest BCUT2D eigenvalue weighted by Gasteiger charge is 2.33. The Morgan fingerprint density at radius 1 is 1.32 bits per heavy atom. The van der Waals surface area contributed by atoms with Gasteiger partial charge in [0.05, 0.1) is 19.8 Å². The largest absolute Gasteiger partial charge is 0.494 e. The second kappa shape index (κ2) is 7.70. The molecule has 0 saturated heterocycles. The van der Waals surface area contributed by atoms with Crippen molar-refractivity contribution >= 4 is 16.8 Å². The third kappa shape index (κ3) is 4.20. The molecule has 6 heteroatoms. The molecule has 1 aromatic heterocycles. The molecule has 1 N–H and O–H groups in total. The maximum Gasteiger partial charge on any atom is 0.253 e. The van der Waals surface area contributed by atoms with Crippen molar-refractivity contribution in [2.75, 3.05) is 26.9 Å². The van der Waals surface area contributed by atoms with Gasteiger partial charge in [-0.1, -0.05) is 0 Å². The minimum Gasteiger partial charge on any atom is -0.494 e. The average molecular weight is 344 g/mol. The molecular weight excluding hydrogens is 320 g/mol. The number of ether oxygens (including phenoxy) is 2. The maximum absolute atomic E-state index is 12.5. The zero-order valence-electron chi connectivity index (χ0n) is 14.7. The Balaban J connectivity index is 1.87. The highest BCUT2D eigenvalue weighted by atomic mass is 16.5. The van der Waals surface area contributed by atoms with Crippen molar-refractivity contribution in [1.29, 1.82) is 0 Å². The van der Waals surface area contributed by atoms with Gasteiger partial charge < -0.3 is 19.4 Å². The third-order valence-corrected chi connectivity index (χ3v) is 4.37. The van der Waals surface area contributed by atoms with Crippen LogP contribution in [0.1, 0.15) is 25.3 Å². The third-order valence-electron chi connectivity index (χ3n) is 4.37. The van der Waals surface area contributed by atoms with Gasteiger partial charge in [-0.3, -0.25) is 9.59 Å². The number of nitrogens with zero attached hydrogens (tertiary/aromatic N) is 1. The van der Waals surface area contributed by atoms with Crippen LogP contribution in [0, 0.1) is 5.92 Å². The van der Waals surface area contributed by atoms with Crippen molar-refractivity contribution in [3.8, 4) is 5.75 Å². The van der Waals surface area contributed by atoms with E-state index in [9.17, 15) is 9.59 Å². The number of rotatable bonds is 8. The lowest BCUT2D eigenvalue weighted by molar-refractivity contribution is -0.133. The number of hydrogen-bond acceptors (Lipinski definition) is 4. The van der Waals surface area contributed by atoms with E-state index in [2.05, 4.69) is 4.98 Å². The Bertz CT molecular complexity index is 811. The van der Waals surface area contributed by atoms with Crippen LogP contribution < -0.4 is 10.3 Å². The molecule has 0 radical (unpaired) electrons. The smallest absolute Gasteiger partial charge is 0.253 e. The molecule has 1 amide bonds. The van der Waals surface area contributed by atoms with Crippen LogP contribution >= 0.6 is 0 Å². The standard InChI is InChI=1S/C19H24N2O4/c1-3-25-16-6-7-17-14(11-16)10-15(18(22)20-17)12-21(8-9-24-2)19(23)13-4-5-13/h6-7,10-11,13H,3-5,8-9,12H2,1-2H3,(H,20,22). The van der Waals surface area contributed by atoms with E-state index in [1.807, 2.05) is 31.2 Å². The normalized spacial score (nSPS) is 13.8. The molecule has 0 spiro atoms. The number of carbonyl (C=O) groups is 1. The summed E-state index contributed by atoms with van der Waals surface area (Å²) in [5, 5.41) is 0.895. The Kier molecular flexibility index (Phi) is 5.38. The van der Waals surface area contributed by atoms with Crippen molar-refractivity contribution in [2.24, 2.45) is 5.92 Å². The van der Waals surface area contributed by atoms with Gasteiger partial charge >= 0.3 is 0 Å². The second-order valence-electron chi connectivity index (χ2n) is 6.33. The molecule has 1 aromatic carbocycles. The monoisotopic (exact) mass is 344 g/mol. The van der Waals surface area contributed by atoms with Crippen molar-refractivity contribution in [3.63, 3.8) is 0 Å². The van der Waals surface area contributed by atoms with Gasteiger partial charge in [-0.25, -0.2) is 0 Å². The second-order valence-corrected chi connectivity index (χ2v) is 6.33. The minimum atomic E-state index is -0.164. The Morgan fingerprint density at radius 3 is 2.80 bits per heavy atom. The van der Waals surface area contributed by atoms with Gasteiger partial charge in [0.2, 0.25) is 5.91 Å². The molecule has 0 unspecified atom stereocenters. The molecule has 0 aliphatic heterocycles. The Morgan fingerprint density at radius 2 is 2.12 bits per heavy atom. The topological polar surface area (TPSA) is 71.6 Å². The first-order chi connectivity index (χ1) is 12.1. The lowest BCUT2D eigenvalue weighted by atomic mass is 10.1. The number of amides is 1. The van der Waals surface area contributed by atoms with Crippen LogP contribution in [0.25, 0.3) is 10.9 Å². The van der Waals surface area contributed by atoms with Crippen molar-refractivity contribution in [3.05, 3.63) is 40.2 Å². The van der Waals surface area contributed by atoms with E-state index in [0.29, 0.717) is 31.9 Å². The molecule has 1 aliphatic carbocycles. The lowest BCUT2D eigenvalue weighted by Gasteiger charge is -2.22. The molecule has 3 rings (SSSR count). The van der Waals surface area contributed by atoms with Crippen LogP contribution in [0.4, 0.5) is 0 Å². The number of aromatic amines is 1. The van der Waals surface area contributed by atoms with Crippen molar-refractivity contribution in [2.45, 2.75) is 26.3 Å². The van der Waals surface area contributed by atoms with Crippen molar-refractivity contribution in [1.82, 2.24) is 9.88 Å². The summed E-state index contributed by atoms with van der Waals surface area (Å²) in [7, 11) is 1.61. The maximum atomic E-state index is 12.5. The summed E-state index contributed by atoms with van der Waals surface area (Å²) in [6.45, 7) is 3.76. The number of H-pyrrole nitrogens is 1. The lowest BCUT2D eigenvalue weighted by Crippen LogP contribution is -2.36.